The highest BCUT2D eigenvalue weighted by Gasteiger charge is 2.07. The van der Waals surface area contributed by atoms with E-state index in [9.17, 15) is 0 Å². The van der Waals surface area contributed by atoms with E-state index >= 15 is 0 Å². The number of hydrogen-bond donors (Lipinski definition) is 1. The first-order chi connectivity index (χ1) is 10.3. The second kappa shape index (κ2) is 5.97. The van der Waals surface area contributed by atoms with Crippen molar-refractivity contribution < 1.29 is 4.74 Å². The first-order valence-electron chi connectivity index (χ1n) is 6.69. The van der Waals surface area contributed by atoms with Gasteiger partial charge in [0.2, 0.25) is 0 Å². The average Bonchev–Trinajstić information content (AvgIpc) is 2.97. The largest absolute Gasteiger partial charge is 0.496 e. The van der Waals surface area contributed by atoms with Crippen LogP contribution in [0.4, 0.5) is 10.8 Å². The Bertz CT molecular complexity index is 738. The van der Waals surface area contributed by atoms with Crippen LogP contribution >= 0.6 is 11.3 Å². The molecule has 0 spiro atoms. The first kappa shape index (κ1) is 13.6. The number of nitrogens with zero attached hydrogens (tertiary/aromatic N) is 1. The van der Waals surface area contributed by atoms with Gasteiger partial charge in [-0.3, -0.25) is 0 Å². The Balaban J connectivity index is 1.83. The summed E-state index contributed by atoms with van der Waals surface area (Å²) in [6.07, 6.45) is 0. The lowest BCUT2D eigenvalue weighted by atomic mass is 10.1. The maximum atomic E-state index is 5.29. The van der Waals surface area contributed by atoms with E-state index in [0.29, 0.717) is 0 Å². The predicted octanol–water partition coefficient (Wildman–Crippen LogP) is 4.87. The first-order valence-corrected chi connectivity index (χ1v) is 7.57. The molecule has 3 nitrogen and oxygen atoms in total. The van der Waals surface area contributed by atoms with Crippen molar-refractivity contribution in [1.82, 2.24) is 4.98 Å². The minimum atomic E-state index is 0.893. The molecule has 3 aromatic rings. The van der Waals surface area contributed by atoms with Crippen LogP contribution in [0.1, 0.15) is 5.56 Å². The van der Waals surface area contributed by atoms with Crippen molar-refractivity contribution in [3.05, 3.63) is 59.5 Å². The summed E-state index contributed by atoms with van der Waals surface area (Å²) in [4.78, 5) is 4.64. The molecule has 0 saturated heterocycles. The number of aryl methyl sites for hydroxylation is 1. The normalized spacial score (nSPS) is 10.4. The van der Waals surface area contributed by atoms with Gasteiger partial charge in [-0.15, -0.1) is 11.3 Å². The van der Waals surface area contributed by atoms with Crippen LogP contribution in [-0.4, -0.2) is 12.1 Å². The highest BCUT2D eigenvalue weighted by Crippen LogP contribution is 2.29. The van der Waals surface area contributed by atoms with E-state index in [-0.39, 0.29) is 0 Å². The van der Waals surface area contributed by atoms with Gasteiger partial charge in [-0.2, -0.15) is 0 Å². The number of ether oxygens (including phenoxy) is 1. The van der Waals surface area contributed by atoms with Crippen molar-refractivity contribution in [2.45, 2.75) is 6.92 Å². The summed E-state index contributed by atoms with van der Waals surface area (Å²) in [5.74, 6) is 0.900. The van der Waals surface area contributed by atoms with Gasteiger partial charge >= 0.3 is 0 Å². The quantitative estimate of drug-likeness (QED) is 0.745. The van der Waals surface area contributed by atoms with E-state index in [0.717, 1.165) is 33.4 Å². The van der Waals surface area contributed by atoms with Crippen molar-refractivity contribution in [1.29, 1.82) is 0 Å². The number of rotatable bonds is 4. The third-order valence-corrected chi connectivity index (χ3v) is 3.98. The zero-order valence-electron chi connectivity index (χ0n) is 12.0. The van der Waals surface area contributed by atoms with Crippen molar-refractivity contribution in [2.75, 3.05) is 12.4 Å². The van der Waals surface area contributed by atoms with Gasteiger partial charge in [-0.25, -0.2) is 4.98 Å². The second-order valence-corrected chi connectivity index (χ2v) is 5.57. The zero-order chi connectivity index (χ0) is 14.7. The Labute approximate surface area is 128 Å². The van der Waals surface area contributed by atoms with Crippen LogP contribution in [-0.2, 0) is 0 Å². The van der Waals surface area contributed by atoms with Gasteiger partial charge in [-0.1, -0.05) is 18.2 Å². The lowest BCUT2D eigenvalue weighted by molar-refractivity contribution is 0.412. The van der Waals surface area contributed by atoms with Gasteiger partial charge in [0, 0.05) is 16.6 Å². The lowest BCUT2D eigenvalue weighted by Gasteiger charge is -2.05. The Morgan fingerprint density at radius 3 is 2.62 bits per heavy atom. The predicted molar refractivity (Wildman–Crippen MR) is 88.6 cm³/mol. The maximum Gasteiger partial charge on any atom is 0.187 e. The standard InChI is InChI=1S/C17H16N2OS/c1-12-10-13(8-9-16(12)20-2)15-11-21-17(19-15)18-14-6-4-3-5-7-14/h3-11H,1-2H3,(H,18,19). The molecule has 0 aliphatic carbocycles. The minimum absolute atomic E-state index is 0.893. The topological polar surface area (TPSA) is 34.1 Å². The van der Waals surface area contributed by atoms with Crippen molar-refractivity contribution >= 4 is 22.2 Å². The number of methoxy groups -OCH3 is 1. The van der Waals surface area contributed by atoms with Gasteiger partial charge in [0.1, 0.15) is 5.75 Å². The van der Waals surface area contributed by atoms with Gasteiger partial charge in [0.15, 0.2) is 5.13 Å². The summed E-state index contributed by atoms with van der Waals surface area (Å²) < 4.78 is 5.29. The fourth-order valence-corrected chi connectivity index (χ4v) is 2.89. The molecular formula is C17H16N2OS. The van der Waals surface area contributed by atoms with Gasteiger partial charge in [-0.05, 0) is 42.8 Å². The Morgan fingerprint density at radius 2 is 1.90 bits per heavy atom. The number of nitrogens with one attached hydrogen (secondary N) is 1. The van der Waals surface area contributed by atoms with E-state index in [4.69, 9.17) is 4.74 Å². The van der Waals surface area contributed by atoms with E-state index in [1.807, 2.05) is 49.4 Å². The lowest BCUT2D eigenvalue weighted by Crippen LogP contribution is -1.90. The molecule has 1 aromatic heterocycles. The zero-order valence-corrected chi connectivity index (χ0v) is 12.8. The van der Waals surface area contributed by atoms with Crippen LogP contribution in [0.5, 0.6) is 5.75 Å². The highest BCUT2D eigenvalue weighted by molar-refractivity contribution is 7.14. The summed E-state index contributed by atoms with van der Waals surface area (Å²) in [5, 5.41) is 6.27. The summed E-state index contributed by atoms with van der Waals surface area (Å²) in [7, 11) is 1.69. The monoisotopic (exact) mass is 296 g/mol. The molecule has 0 radical (unpaired) electrons. The van der Waals surface area contributed by atoms with E-state index < -0.39 is 0 Å². The molecular weight excluding hydrogens is 280 g/mol. The van der Waals surface area contributed by atoms with Gasteiger partial charge in [0.25, 0.3) is 0 Å². The van der Waals surface area contributed by atoms with Crippen molar-refractivity contribution in [3.63, 3.8) is 0 Å². The molecule has 106 valence electrons. The van der Waals surface area contributed by atoms with Crippen LogP contribution in [0.2, 0.25) is 0 Å². The molecule has 4 heteroatoms. The molecule has 1 heterocycles. The molecule has 0 bridgehead atoms. The number of benzene rings is 2. The molecule has 0 aliphatic heterocycles. The van der Waals surface area contributed by atoms with Gasteiger partial charge in [0.05, 0.1) is 12.8 Å². The van der Waals surface area contributed by atoms with Crippen LogP contribution < -0.4 is 10.1 Å². The number of para-hydroxylation sites is 1. The van der Waals surface area contributed by atoms with Crippen LogP contribution in [0, 0.1) is 6.92 Å². The SMILES string of the molecule is COc1ccc(-c2csc(Nc3ccccc3)n2)cc1C. The molecule has 0 saturated carbocycles. The third kappa shape index (κ3) is 3.06. The average molecular weight is 296 g/mol. The van der Waals surface area contributed by atoms with E-state index in [1.54, 1.807) is 18.4 Å². The summed E-state index contributed by atoms with van der Waals surface area (Å²) in [6.45, 7) is 2.04. The Morgan fingerprint density at radius 1 is 1.10 bits per heavy atom. The number of anilines is 2. The van der Waals surface area contributed by atoms with Crippen LogP contribution in [0.25, 0.3) is 11.3 Å². The molecule has 0 amide bonds. The van der Waals surface area contributed by atoms with Gasteiger partial charge < -0.3 is 10.1 Å². The molecule has 0 aliphatic rings. The van der Waals surface area contributed by atoms with Crippen LogP contribution in [0.3, 0.4) is 0 Å². The fourth-order valence-electron chi connectivity index (χ4n) is 2.15. The maximum absolute atomic E-state index is 5.29. The van der Waals surface area contributed by atoms with E-state index in [1.165, 1.54) is 0 Å². The Hall–Kier alpha value is -2.33. The molecule has 0 unspecified atom stereocenters. The number of thiazole rings is 1. The molecule has 0 fully saturated rings. The molecule has 1 N–H and O–H groups in total. The van der Waals surface area contributed by atoms with Crippen molar-refractivity contribution in [3.8, 4) is 17.0 Å². The molecule has 2 aromatic carbocycles. The highest BCUT2D eigenvalue weighted by atomic mass is 32.1. The smallest absolute Gasteiger partial charge is 0.187 e. The number of aromatic nitrogens is 1. The number of hydrogen-bond acceptors (Lipinski definition) is 4. The fraction of sp³-hybridized carbons (Fsp3) is 0.118. The third-order valence-electron chi connectivity index (χ3n) is 3.22. The summed E-state index contributed by atoms with van der Waals surface area (Å²) in [5.41, 5.74) is 4.24. The second-order valence-electron chi connectivity index (χ2n) is 4.71. The summed E-state index contributed by atoms with van der Waals surface area (Å²) in [6, 6.07) is 16.2. The summed E-state index contributed by atoms with van der Waals surface area (Å²) >= 11 is 1.60. The molecule has 0 atom stereocenters. The Kier molecular flexibility index (Phi) is 3.88. The van der Waals surface area contributed by atoms with Crippen LogP contribution in [0.15, 0.2) is 53.9 Å². The minimum Gasteiger partial charge on any atom is -0.496 e. The molecule has 21 heavy (non-hydrogen) atoms. The molecule has 3 rings (SSSR count). The van der Waals surface area contributed by atoms with Crippen molar-refractivity contribution in [2.24, 2.45) is 0 Å². The van der Waals surface area contributed by atoms with E-state index in [2.05, 4.69) is 21.7 Å².